The molecule has 1 aromatic heterocycles. The predicted octanol–water partition coefficient (Wildman–Crippen LogP) is 7.70. The predicted molar refractivity (Wildman–Crippen MR) is 133 cm³/mol. The van der Waals surface area contributed by atoms with E-state index in [1.807, 2.05) is 32.0 Å². The first-order valence-electron chi connectivity index (χ1n) is 11.1. The second kappa shape index (κ2) is 9.67. The number of hydrogen-bond donors (Lipinski definition) is 1. The van der Waals surface area contributed by atoms with Crippen molar-refractivity contribution in [2.75, 3.05) is 5.32 Å². The maximum absolute atomic E-state index is 12.9. The maximum atomic E-state index is 12.9. The van der Waals surface area contributed by atoms with Gasteiger partial charge in [-0.15, -0.1) is 0 Å². The number of nitrogens with one attached hydrogen (secondary N) is 1. The number of fused-ring (bicyclic) bond motifs is 1. The van der Waals surface area contributed by atoms with Gasteiger partial charge in [-0.25, -0.2) is 4.98 Å². The van der Waals surface area contributed by atoms with Gasteiger partial charge >= 0.3 is 0 Å². The summed E-state index contributed by atoms with van der Waals surface area (Å²) in [7, 11) is 0. The molecule has 1 amide bonds. The monoisotopic (exact) mass is 462 g/mol. The molecule has 1 atom stereocenters. The molecule has 6 heteroatoms. The zero-order chi connectivity index (χ0) is 23.5. The van der Waals surface area contributed by atoms with Crippen LogP contribution in [-0.4, -0.2) is 17.0 Å². The zero-order valence-corrected chi connectivity index (χ0v) is 19.9. The number of benzene rings is 3. The topological polar surface area (TPSA) is 64.4 Å². The number of hydrogen-bond acceptors (Lipinski definition) is 4. The molecule has 1 N–H and O–H groups in total. The van der Waals surface area contributed by atoms with Gasteiger partial charge in [-0.1, -0.05) is 37.6 Å². The summed E-state index contributed by atoms with van der Waals surface area (Å²) in [5.41, 5.74) is 4.46. The van der Waals surface area contributed by atoms with Crippen LogP contribution in [-0.2, 0) is 0 Å². The average molecular weight is 463 g/mol. The fourth-order valence-corrected chi connectivity index (χ4v) is 3.71. The summed E-state index contributed by atoms with van der Waals surface area (Å²) in [5.74, 6) is 1.29. The van der Waals surface area contributed by atoms with Crippen molar-refractivity contribution in [1.82, 2.24) is 4.98 Å². The third-order valence-electron chi connectivity index (χ3n) is 5.52. The largest absolute Gasteiger partial charge is 0.491 e. The number of halogens is 1. The molecule has 33 heavy (non-hydrogen) atoms. The highest BCUT2D eigenvalue weighted by atomic mass is 35.5. The van der Waals surface area contributed by atoms with Crippen LogP contribution < -0.4 is 10.1 Å². The van der Waals surface area contributed by atoms with Gasteiger partial charge in [0, 0.05) is 11.1 Å². The van der Waals surface area contributed by atoms with Crippen molar-refractivity contribution < 1.29 is 13.9 Å². The Morgan fingerprint density at radius 2 is 1.91 bits per heavy atom. The Kier molecular flexibility index (Phi) is 6.70. The van der Waals surface area contributed by atoms with Crippen LogP contribution in [0.15, 0.2) is 65.1 Å². The van der Waals surface area contributed by atoms with E-state index in [9.17, 15) is 4.79 Å². The molecular weight excluding hydrogens is 436 g/mol. The molecule has 0 fully saturated rings. The smallest absolute Gasteiger partial charge is 0.255 e. The summed E-state index contributed by atoms with van der Waals surface area (Å²) in [4.78, 5) is 17.5. The van der Waals surface area contributed by atoms with Crippen molar-refractivity contribution in [3.63, 3.8) is 0 Å². The molecule has 4 rings (SSSR count). The summed E-state index contributed by atoms with van der Waals surface area (Å²) in [6.45, 7) is 8.24. The van der Waals surface area contributed by atoms with E-state index in [0.29, 0.717) is 33.8 Å². The summed E-state index contributed by atoms with van der Waals surface area (Å²) >= 11 is 6.38. The minimum atomic E-state index is -0.279. The third kappa shape index (κ3) is 5.20. The molecule has 0 saturated carbocycles. The third-order valence-corrected chi connectivity index (χ3v) is 5.85. The number of anilines is 1. The van der Waals surface area contributed by atoms with Gasteiger partial charge in [0.15, 0.2) is 5.58 Å². The van der Waals surface area contributed by atoms with E-state index in [1.54, 1.807) is 30.3 Å². The maximum Gasteiger partial charge on any atom is 0.255 e. The summed E-state index contributed by atoms with van der Waals surface area (Å²) < 4.78 is 11.7. The standard InChI is InChI=1S/C27H27ClN2O3/c1-5-17(4)18-10-12-25-24(14-18)30-27(33-25)20-9-11-22(28)23(15-20)29-26(31)19-7-6-8-21(13-19)32-16(2)3/h6-17H,5H2,1-4H3,(H,29,31)/t17-/m0/s1. The zero-order valence-electron chi connectivity index (χ0n) is 19.2. The van der Waals surface area contributed by atoms with Crippen molar-refractivity contribution >= 4 is 34.3 Å². The van der Waals surface area contributed by atoms with Crippen molar-refractivity contribution in [3.05, 3.63) is 76.8 Å². The Hall–Kier alpha value is -3.31. The lowest BCUT2D eigenvalue weighted by molar-refractivity contribution is 0.102. The summed E-state index contributed by atoms with van der Waals surface area (Å²) in [6.07, 6.45) is 1.08. The lowest BCUT2D eigenvalue weighted by atomic mass is 9.98. The highest BCUT2D eigenvalue weighted by Crippen LogP contribution is 2.32. The Morgan fingerprint density at radius 1 is 1.09 bits per heavy atom. The van der Waals surface area contributed by atoms with Crippen LogP contribution in [0, 0.1) is 0 Å². The van der Waals surface area contributed by atoms with E-state index >= 15 is 0 Å². The van der Waals surface area contributed by atoms with Gasteiger partial charge in [0.2, 0.25) is 5.89 Å². The molecule has 5 nitrogen and oxygen atoms in total. The molecular formula is C27H27ClN2O3. The number of aromatic nitrogens is 1. The van der Waals surface area contributed by atoms with Crippen LogP contribution in [0.1, 0.15) is 56.0 Å². The van der Waals surface area contributed by atoms with Gasteiger partial charge in [0.05, 0.1) is 16.8 Å². The first-order valence-corrected chi connectivity index (χ1v) is 11.5. The lowest BCUT2D eigenvalue weighted by Crippen LogP contribution is -2.13. The number of carbonyl (C=O) groups is 1. The van der Waals surface area contributed by atoms with Crippen molar-refractivity contribution in [1.29, 1.82) is 0 Å². The van der Waals surface area contributed by atoms with E-state index < -0.39 is 0 Å². The molecule has 0 aliphatic heterocycles. The SMILES string of the molecule is CC[C@H](C)c1ccc2oc(-c3ccc(Cl)c(NC(=O)c4cccc(OC(C)C)c4)c3)nc2c1. The highest BCUT2D eigenvalue weighted by molar-refractivity contribution is 6.34. The highest BCUT2D eigenvalue weighted by Gasteiger charge is 2.15. The number of amides is 1. The van der Waals surface area contributed by atoms with E-state index in [0.717, 1.165) is 23.1 Å². The van der Waals surface area contributed by atoms with Gasteiger partial charge in [0.25, 0.3) is 5.91 Å². The molecule has 170 valence electrons. The Labute approximate surface area is 198 Å². The summed E-state index contributed by atoms with van der Waals surface area (Å²) in [5, 5.41) is 3.31. The van der Waals surface area contributed by atoms with Gasteiger partial charge in [-0.2, -0.15) is 0 Å². The van der Waals surface area contributed by atoms with Gasteiger partial charge in [-0.3, -0.25) is 4.79 Å². The minimum absolute atomic E-state index is 0.0204. The molecule has 1 heterocycles. The normalized spacial score (nSPS) is 12.2. The number of nitrogens with zero attached hydrogens (tertiary/aromatic N) is 1. The quantitative estimate of drug-likeness (QED) is 0.305. The minimum Gasteiger partial charge on any atom is -0.491 e. The van der Waals surface area contributed by atoms with E-state index in [-0.39, 0.29) is 12.0 Å². The molecule has 4 aromatic rings. The van der Waals surface area contributed by atoms with Crippen LogP contribution in [0.5, 0.6) is 5.75 Å². The second-order valence-corrected chi connectivity index (χ2v) is 8.81. The second-order valence-electron chi connectivity index (χ2n) is 8.40. The van der Waals surface area contributed by atoms with Crippen LogP contribution in [0.3, 0.4) is 0 Å². The van der Waals surface area contributed by atoms with Crippen LogP contribution >= 0.6 is 11.6 Å². The lowest BCUT2D eigenvalue weighted by Gasteiger charge is -2.12. The van der Waals surface area contributed by atoms with E-state index in [4.69, 9.17) is 20.8 Å². The fraction of sp³-hybridized carbons (Fsp3) is 0.259. The number of carbonyl (C=O) groups excluding carboxylic acids is 1. The Bertz CT molecular complexity index is 1300. The molecule has 0 bridgehead atoms. The number of rotatable bonds is 7. The molecule has 0 aliphatic rings. The first kappa shape index (κ1) is 22.9. The van der Waals surface area contributed by atoms with Gasteiger partial charge in [0.1, 0.15) is 11.3 Å². The summed E-state index contributed by atoms with van der Waals surface area (Å²) in [6, 6.07) is 18.5. The number of oxazole rings is 1. The molecule has 3 aromatic carbocycles. The van der Waals surface area contributed by atoms with Crippen LogP contribution in [0.2, 0.25) is 5.02 Å². The Balaban J connectivity index is 1.60. The number of ether oxygens (including phenoxy) is 1. The first-order chi connectivity index (χ1) is 15.8. The van der Waals surface area contributed by atoms with E-state index in [2.05, 4.69) is 36.3 Å². The van der Waals surface area contributed by atoms with Gasteiger partial charge in [-0.05, 0) is 80.3 Å². The molecule has 0 aliphatic carbocycles. The van der Waals surface area contributed by atoms with Crippen molar-refractivity contribution in [2.45, 2.75) is 46.1 Å². The van der Waals surface area contributed by atoms with Crippen LogP contribution in [0.4, 0.5) is 5.69 Å². The Morgan fingerprint density at radius 3 is 2.67 bits per heavy atom. The molecule has 0 radical (unpaired) electrons. The average Bonchev–Trinajstić information content (AvgIpc) is 3.23. The van der Waals surface area contributed by atoms with Crippen LogP contribution in [0.25, 0.3) is 22.6 Å². The fourth-order valence-electron chi connectivity index (χ4n) is 3.54. The van der Waals surface area contributed by atoms with Crippen molar-refractivity contribution in [2.24, 2.45) is 0 Å². The molecule has 0 saturated heterocycles. The van der Waals surface area contributed by atoms with Gasteiger partial charge < -0.3 is 14.5 Å². The van der Waals surface area contributed by atoms with Crippen molar-refractivity contribution in [3.8, 4) is 17.2 Å². The van der Waals surface area contributed by atoms with E-state index in [1.165, 1.54) is 5.56 Å². The molecule has 0 unspecified atom stereocenters. The molecule has 0 spiro atoms.